The molecule has 3 N–H and O–H groups in total. The Morgan fingerprint density at radius 1 is 0.967 bits per heavy atom. The SMILES string of the molecule is O=C(CNC(=O)NCc1ccc(F)cc1)NCCCOc1cccc2cccnc12. The number of carbonyl (C=O) groups is 2. The van der Waals surface area contributed by atoms with E-state index in [0.29, 0.717) is 25.3 Å². The number of aromatic nitrogens is 1. The van der Waals surface area contributed by atoms with Gasteiger partial charge in [0.25, 0.3) is 0 Å². The van der Waals surface area contributed by atoms with E-state index in [-0.39, 0.29) is 24.8 Å². The van der Waals surface area contributed by atoms with E-state index in [2.05, 4.69) is 20.9 Å². The Morgan fingerprint density at radius 3 is 2.60 bits per heavy atom. The lowest BCUT2D eigenvalue weighted by Crippen LogP contribution is -2.42. The van der Waals surface area contributed by atoms with Crippen molar-refractivity contribution in [3.05, 3.63) is 72.2 Å². The summed E-state index contributed by atoms with van der Waals surface area (Å²) in [5.74, 6) is 0.0803. The summed E-state index contributed by atoms with van der Waals surface area (Å²) in [4.78, 5) is 27.9. The van der Waals surface area contributed by atoms with Gasteiger partial charge in [0.1, 0.15) is 17.1 Å². The zero-order valence-electron chi connectivity index (χ0n) is 16.4. The van der Waals surface area contributed by atoms with Crippen molar-refractivity contribution in [2.45, 2.75) is 13.0 Å². The minimum absolute atomic E-state index is 0.136. The van der Waals surface area contributed by atoms with Crippen LogP contribution < -0.4 is 20.7 Å². The zero-order valence-corrected chi connectivity index (χ0v) is 16.4. The predicted octanol–water partition coefficient (Wildman–Crippen LogP) is 2.76. The van der Waals surface area contributed by atoms with E-state index in [1.54, 1.807) is 18.3 Å². The first kappa shape index (κ1) is 21.0. The topological polar surface area (TPSA) is 92.4 Å². The van der Waals surface area contributed by atoms with Gasteiger partial charge in [0.15, 0.2) is 0 Å². The Bertz CT molecular complexity index is 990. The fraction of sp³-hybridized carbons (Fsp3) is 0.227. The van der Waals surface area contributed by atoms with Crippen LogP contribution in [0, 0.1) is 5.82 Å². The molecule has 8 heteroatoms. The number of nitrogens with one attached hydrogen (secondary N) is 3. The van der Waals surface area contributed by atoms with Crippen molar-refractivity contribution in [1.29, 1.82) is 0 Å². The van der Waals surface area contributed by atoms with Gasteiger partial charge < -0.3 is 20.7 Å². The lowest BCUT2D eigenvalue weighted by Gasteiger charge is -2.10. The van der Waals surface area contributed by atoms with Crippen molar-refractivity contribution < 1.29 is 18.7 Å². The number of ether oxygens (including phenoxy) is 1. The van der Waals surface area contributed by atoms with Crippen LogP contribution in [0.5, 0.6) is 5.75 Å². The van der Waals surface area contributed by atoms with Gasteiger partial charge in [0, 0.05) is 24.7 Å². The normalized spacial score (nSPS) is 10.4. The lowest BCUT2D eigenvalue weighted by molar-refractivity contribution is -0.120. The van der Waals surface area contributed by atoms with Crippen molar-refractivity contribution in [2.24, 2.45) is 0 Å². The van der Waals surface area contributed by atoms with E-state index in [4.69, 9.17) is 4.74 Å². The summed E-state index contributed by atoms with van der Waals surface area (Å²) in [5.41, 5.74) is 1.57. The van der Waals surface area contributed by atoms with Crippen LogP contribution in [0.4, 0.5) is 9.18 Å². The highest BCUT2D eigenvalue weighted by Crippen LogP contribution is 2.22. The van der Waals surface area contributed by atoms with E-state index in [1.165, 1.54) is 12.1 Å². The number of para-hydroxylation sites is 1. The third-order valence-electron chi connectivity index (χ3n) is 4.27. The number of nitrogens with zero attached hydrogens (tertiary/aromatic N) is 1. The third kappa shape index (κ3) is 6.44. The van der Waals surface area contributed by atoms with Gasteiger partial charge >= 0.3 is 6.03 Å². The van der Waals surface area contributed by atoms with Gasteiger partial charge in [-0.05, 0) is 36.2 Å². The monoisotopic (exact) mass is 410 g/mol. The van der Waals surface area contributed by atoms with Crippen molar-refractivity contribution in [3.8, 4) is 5.75 Å². The number of halogens is 1. The molecule has 1 aromatic heterocycles. The Hall–Kier alpha value is -3.68. The van der Waals surface area contributed by atoms with E-state index in [0.717, 1.165) is 16.5 Å². The molecule has 0 atom stereocenters. The largest absolute Gasteiger partial charge is 0.491 e. The van der Waals surface area contributed by atoms with Crippen LogP contribution in [0.2, 0.25) is 0 Å². The fourth-order valence-electron chi connectivity index (χ4n) is 2.74. The molecule has 1 heterocycles. The number of benzene rings is 2. The van der Waals surface area contributed by atoms with Crippen molar-refractivity contribution in [3.63, 3.8) is 0 Å². The van der Waals surface area contributed by atoms with Crippen LogP contribution in [-0.4, -0.2) is 36.6 Å². The van der Waals surface area contributed by atoms with Gasteiger partial charge in [-0.15, -0.1) is 0 Å². The molecule has 0 radical (unpaired) electrons. The van der Waals surface area contributed by atoms with Gasteiger partial charge in [-0.2, -0.15) is 0 Å². The second-order valence-electron chi connectivity index (χ2n) is 6.55. The maximum absolute atomic E-state index is 12.8. The van der Waals surface area contributed by atoms with E-state index in [1.807, 2.05) is 30.3 Å². The minimum Gasteiger partial charge on any atom is -0.491 e. The van der Waals surface area contributed by atoms with E-state index < -0.39 is 6.03 Å². The average molecular weight is 410 g/mol. The highest BCUT2D eigenvalue weighted by Gasteiger charge is 2.06. The molecule has 0 bridgehead atoms. The lowest BCUT2D eigenvalue weighted by atomic mass is 10.2. The van der Waals surface area contributed by atoms with Crippen molar-refractivity contribution >= 4 is 22.8 Å². The molecule has 30 heavy (non-hydrogen) atoms. The summed E-state index contributed by atoms with van der Waals surface area (Å²) in [6, 6.07) is 14.9. The molecule has 156 valence electrons. The Balaban J connectivity index is 1.28. The molecule has 0 fully saturated rings. The molecule has 0 saturated heterocycles. The van der Waals surface area contributed by atoms with Crippen LogP contribution in [0.3, 0.4) is 0 Å². The van der Waals surface area contributed by atoms with Crippen LogP contribution in [0.1, 0.15) is 12.0 Å². The number of fused-ring (bicyclic) bond motifs is 1. The van der Waals surface area contributed by atoms with Gasteiger partial charge in [-0.1, -0.05) is 30.3 Å². The van der Waals surface area contributed by atoms with Crippen LogP contribution in [0.15, 0.2) is 60.8 Å². The molecule has 3 amide bonds. The molecule has 0 saturated carbocycles. The maximum Gasteiger partial charge on any atom is 0.315 e. The van der Waals surface area contributed by atoms with Crippen LogP contribution in [-0.2, 0) is 11.3 Å². The molecule has 2 aromatic carbocycles. The molecular formula is C22H23FN4O3. The smallest absolute Gasteiger partial charge is 0.315 e. The number of hydrogen-bond donors (Lipinski definition) is 3. The molecule has 0 unspecified atom stereocenters. The molecule has 0 aliphatic rings. The van der Waals surface area contributed by atoms with Gasteiger partial charge in [-0.3, -0.25) is 9.78 Å². The van der Waals surface area contributed by atoms with Crippen LogP contribution >= 0.6 is 0 Å². The number of urea groups is 1. The predicted molar refractivity (Wildman–Crippen MR) is 112 cm³/mol. The Kier molecular flexibility index (Phi) is 7.54. The van der Waals surface area contributed by atoms with Crippen LogP contribution in [0.25, 0.3) is 10.9 Å². The van der Waals surface area contributed by atoms with Crippen molar-refractivity contribution in [2.75, 3.05) is 19.7 Å². The number of rotatable bonds is 9. The molecule has 0 spiro atoms. The average Bonchev–Trinajstić information content (AvgIpc) is 2.77. The van der Waals surface area contributed by atoms with E-state index >= 15 is 0 Å². The first-order valence-electron chi connectivity index (χ1n) is 9.61. The molecule has 0 aliphatic heterocycles. The van der Waals surface area contributed by atoms with E-state index in [9.17, 15) is 14.0 Å². The van der Waals surface area contributed by atoms with Crippen molar-refractivity contribution in [1.82, 2.24) is 20.9 Å². The Labute approximate surface area is 173 Å². The summed E-state index contributed by atoms with van der Waals surface area (Å²) in [6.45, 7) is 0.967. The summed E-state index contributed by atoms with van der Waals surface area (Å²) in [5, 5.41) is 8.81. The third-order valence-corrected chi connectivity index (χ3v) is 4.27. The molecule has 3 aromatic rings. The maximum atomic E-state index is 12.8. The first-order chi connectivity index (χ1) is 14.6. The second-order valence-corrected chi connectivity index (χ2v) is 6.55. The zero-order chi connectivity index (χ0) is 21.2. The fourth-order valence-corrected chi connectivity index (χ4v) is 2.74. The minimum atomic E-state index is -0.471. The highest BCUT2D eigenvalue weighted by atomic mass is 19.1. The number of carbonyl (C=O) groups excluding carboxylic acids is 2. The number of hydrogen-bond acceptors (Lipinski definition) is 4. The first-order valence-corrected chi connectivity index (χ1v) is 9.61. The molecule has 0 aliphatic carbocycles. The summed E-state index contributed by atoms with van der Waals surface area (Å²) in [7, 11) is 0. The Morgan fingerprint density at radius 2 is 1.77 bits per heavy atom. The standard InChI is InChI=1S/C22H23FN4O3/c23-18-9-7-16(8-10-18)14-26-22(29)27-15-20(28)24-12-3-13-30-19-6-1-4-17-5-2-11-25-21(17)19/h1-2,4-11H,3,12-15H2,(H,24,28)(H2,26,27,29). The second kappa shape index (κ2) is 10.8. The number of pyridine rings is 1. The quantitative estimate of drug-likeness (QED) is 0.473. The van der Waals surface area contributed by atoms with Gasteiger partial charge in [0.05, 0.1) is 13.2 Å². The van der Waals surface area contributed by atoms with Gasteiger partial charge in [-0.25, -0.2) is 9.18 Å². The molecule has 7 nitrogen and oxygen atoms in total. The summed E-state index contributed by atoms with van der Waals surface area (Å²) in [6.07, 6.45) is 2.34. The molecular weight excluding hydrogens is 387 g/mol. The van der Waals surface area contributed by atoms with Gasteiger partial charge in [0.2, 0.25) is 5.91 Å². The number of amides is 3. The highest BCUT2D eigenvalue weighted by molar-refractivity contribution is 5.84. The molecule has 3 rings (SSSR count). The summed E-state index contributed by atoms with van der Waals surface area (Å²) < 4.78 is 18.6. The summed E-state index contributed by atoms with van der Waals surface area (Å²) >= 11 is 0.